The Balaban J connectivity index is 1.92. The number of aromatic amines is 2. The fourth-order valence-corrected chi connectivity index (χ4v) is 2.39. The van der Waals surface area contributed by atoms with Crippen LogP contribution in [0.5, 0.6) is 0 Å². The lowest BCUT2D eigenvalue weighted by Gasteiger charge is -1.97. The third-order valence-corrected chi connectivity index (χ3v) is 3.36. The number of anilines is 1. The maximum Gasteiger partial charge on any atom is 0.137 e. The zero-order valence-corrected chi connectivity index (χ0v) is 10.1. The van der Waals surface area contributed by atoms with Gasteiger partial charge >= 0.3 is 0 Å². The van der Waals surface area contributed by atoms with Crippen molar-refractivity contribution in [1.82, 2.24) is 15.0 Å². The van der Waals surface area contributed by atoms with Gasteiger partial charge in [-0.3, -0.25) is 0 Å². The molecule has 0 aliphatic carbocycles. The summed E-state index contributed by atoms with van der Waals surface area (Å²) in [6, 6.07) is 12.1. The van der Waals surface area contributed by atoms with Crippen LogP contribution in [0.1, 0.15) is 0 Å². The van der Waals surface area contributed by atoms with Gasteiger partial charge in [-0.25, -0.2) is 4.98 Å². The Morgan fingerprint density at radius 3 is 2.89 bits per heavy atom. The Morgan fingerprint density at radius 1 is 1.00 bits per heavy atom. The number of nitrogens with one attached hydrogen (secondary N) is 2. The number of pyridine rings is 1. The molecule has 4 N–H and O–H groups in total. The molecule has 0 amide bonds. The molecule has 0 radical (unpaired) electrons. The second-order valence-corrected chi connectivity index (χ2v) is 4.67. The maximum absolute atomic E-state index is 5.80. The van der Waals surface area contributed by atoms with Gasteiger partial charge in [-0.05, 0) is 30.3 Å². The van der Waals surface area contributed by atoms with Crippen LogP contribution >= 0.6 is 0 Å². The summed E-state index contributed by atoms with van der Waals surface area (Å²) < 4.78 is 0. The SMILES string of the molecule is Nc1ccc2cc(-c3cnc4[nH]ccc4c3)[nH]c2c1. The summed E-state index contributed by atoms with van der Waals surface area (Å²) in [6.45, 7) is 0. The fraction of sp³-hybridized carbons (Fsp3) is 0. The quantitative estimate of drug-likeness (QED) is 0.452. The number of H-pyrrole nitrogens is 2. The molecule has 92 valence electrons. The molecule has 0 bridgehead atoms. The summed E-state index contributed by atoms with van der Waals surface area (Å²) in [7, 11) is 0. The Hall–Kier alpha value is -2.75. The highest BCUT2D eigenvalue weighted by atomic mass is 14.8. The van der Waals surface area contributed by atoms with E-state index in [2.05, 4.69) is 27.1 Å². The molecule has 0 saturated carbocycles. The Labute approximate surface area is 109 Å². The monoisotopic (exact) mass is 248 g/mol. The minimum Gasteiger partial charge on any atom is -0.399 e. The second kappa shape index (κ2) is 3.62. The summed E-state index contributed by atoms with van der Waals surface area (Å²) in [4.78, 5) is 10.9. The van der Waals surface area contributed by atoms with Gasteiger partial charge in [0.2, 0.25) is 0 Å². The van der Waals surface area contributed by atoms with Gasteiger partial charge in [-0.15, -0.1) is 0 Å². The molecule has 4 heteroatoms. The predicted molar refractivity (Wildman–Crippen MR) is 77.8 cm³/mol. The number of benzene rings is 1. The largest absolute Gasteiger partial charge is 0.399 e. The Kier molecular flexibility index (Phi) is 1.94. The van der Waals surface area contributed by atoms with Crippen LogP contribution in [0.4, 0.5) is 5.69 Å². The van der Waals surface area contributed by atoms with Gasteiger partial charge in [0.25, 0.3) is 0 Å². The molecule has 0 unspecified atom stereocenters. The van der Waals surface area contributed by atoms with Gasteiger partial charge in [-0.1, -0.05) is 6.07 Å². The molecule has 0 saturated heterocycles. The number of nitrogens with two attached hydrogens (primary N) is 1. The van der Waals surface area contributed by atoms with Gasteiger partial charge in [-0.2, -0.15) is 0 Å². The zero-order chi connectivity index (χ0) is 12.8. The van der Waals surface area contributed by atoms with Crippen molar-refractivity contribution in [3.05, 3.63) is 48.8 Å². The first-order chi connectivity index (χ1) is 9.29. The summed E-state index contributed by atoms with van der Waals surface area (Å²) >= 11 is 0. The Morgan fingerprint density at radius 2 is 1.95 bits per heavy atom. The highest BCUT2D eigenvalue weighted by molar-refractivity contribution is 5.89. The number of hydrogen-bond donors (Lipinski definition) is 3. The van der Waals surface area contributed by atoms with E-state index in [4.69, 9.17) is 5.73 Å². The van der Waals surface area contributed by atoms with Gasteiger partial charge in [0, 0.05) is 45.6 Å². The van der Waals surface area contributed by atoms with Gasteiger partial charge in [0.05, 0.1) is 0 Å². The normalized spacial score (nSPS) is 11.4. The van der Waals surface area contributed by atoms with Gasteiger partial charge in [0.15, 0.2) is 0 Å². The minimum absolute atomic E-state index is 0.764. The van der Waals surface area contributed by atoms with Crippen molar-refractivity contribution in [3.63, 3.8) is 0 Å². The van der Waals surface area contributed by atoms with Crippen LogP contribution in [0.15, 0.2) is 48.8 Å². The number of aromatic nitrogens is 3. The molecule has 4 rings (SSSR count). The molecule has 0 aliphatic heterocycles. The highest BCUT2D eigenvalue weighted by Crippen LogP contribution is 2.26. The van der Waals surface area contributed by atoms with Crippen molar-refractivity contribution in [3.8, 4) is 11.3 Å². The van der Waals surface area contributed by atoms with Crippen LogP contribution in [-0.4, -0.2) is 15.0 Å². The molecular formula is C15H12N4. The molecule has 4 nitrogen and oxygen atoms in total. The third kappa shape index (κ3) is 1.57. The van der Waals surface area contributed by atoms with E-state index >= 15 is 0 Å². The van der Waals surface area contributed by atoms with E-state index in [9.17, 15) is 0 Å². The standard InChI is InChI=1S/C15H12N4/c16-12-2-1-9-6-13(19-14(9)7-12)11-5-10-3-4-17-15(10)18-8-11/h1-8,19H,16H2,(H,17,18). The number of nitrogen functional groups attached to an aromatic ring is 1. The van der Waals surface area contributed by atoms with E-state index in [-0.39, 0.29) is 0 Å². The molecule has 0 aliphatic rings. The van der Waals surface area contributed by atoms with Crippen LogP contribution < -0.4 is 5.73 Å². The average Bonchev–Trinajstić information content (AvgIpc) is 3.02. The maximum atomic E-state index is 5.80. The topological polar surface area (TPSA) is 70.5 Å². The van der Waals surface area contributed by atoms with Crippen LogP contribution in [0.2, 0.25) is 0 Å². The molecule has 1 aromatic carbocycles. The van der Waals surface area contributed by atoms with E-state index in [1.165, 1.54) is 0 Å². The van der Waals surface area contributed by atoms with Crippen LogP contribution in [0.25, 0.3) is 33.2 Å². The van der Waals surface area contributed by atoms with E-state index in [0.717, 1.165) is 38.9 Å². The lowest BCUT2D eigenvalue weighted by atomic mass is 10.1. The van der Waals surface area contributed by atoms with Crippen molar-refractivity contribution in [1.29, 1.82) is 0 Å². The molecular weight excluding hydrogens is 236 g/mol. The summed E-state index contributed by atoms with van der Waals surface area (Å²) in [5.41, 5.74) is 10.6. The van der Waals surface area contributed by atoms with Crippen LogP contribution in [0, 0.1) is 0 Å². The molecule has 0 atom stereocenters. The second-order valence-electron chi connectivity index (χ2n) is 4.67. The predicted octanol–water partition coefficient (Wildman–Crippen LogP) is 3.29. The van der Waals surface area contributed by atoms with Crippen LogP contribution in [-0.2, 0) is 0 Å². The lowest BCUT2D eigenvalue weighted by Crippen LogP contribution is -1.82. The molecule has 19 heavy (non-hydrogen) atoms. The molecule has 4 aromatic rings. The number of rotatable bonds is 1. The lowest BCUT2D eigenvalue weighted by molar-refractivity contribution is 1.32. The molecule has 3 heterocycles. The molecule has 0 spiro atoms. The third-order valence-electron chi connectivity index (χ3n) is 3.36. The smallest absolute Gasteiger partial charge is 0.137 e. The van der Waals surface area contributed by atoms with Crippen molar-refractivity contribution in [2.45, 2.75) is 0 Å². The van der Waals surface area contributed by atoms with E-state index < -0.39 is 0 Å². The average molecular weight is 248 g/mol. The van der Waals surface area contributed by atoms with Gasteiger partial charge in [0.1, 0.15) is 5.65 Å². The summed E-state index contributed by atoms with van der Waals surface area (Å²) in [6.07, 6.45) is 3.76. The number of hydrogen-bond acceptors (Lipinski definition) is 2. The van der Waals surface area contributed by atoms with Crippen molar-refractivity contribution >= 4 is 27.6 Å². The van der Waals surface area contributed by atoms with Crippen molar-refractivity contribution in [2.24, 2.45) is 0 Å². The number of fused-ring (bicyclic) bond motifs is 2. The first kappa shape index (κ1) is 10.2. The Bertz CT molecular complexity index is 885. The van der Waals surface area contributed by atoms with Gasteiger partial charge < -0.3 is 15.7 Å². The summed E-state index contributed by atoms with van der Waals surface area (Å²) in [5.74, 6) is 0. The summed E-state index contributed by atoms with van der Waals surface area (Å²) in [5, 5.41) is 2.26. The van der Waals surface area contributed by atoms with Crippen molar-refractivity contribution < 1.29 is 0 Å². The minimum atomic E-state index is 0.764. The fourth-order valence-electron chi connectivity index (χ4n) is 2.39. The van der Waals surface area contributed by atoms with E-state index in [1.54, 1.807) is 0 Å². The zero-order valence-electron chi connectivity index (χ0n) is 10.1. The van der Waals surface area contributed by atoms with Crippen molar-refractivity contribution in [2.75, 3.05) is 5.73 Å². The van der Waals surface area contributed by atoms with E-state index in [1.807, 2.05) is 36.7 Å². The van der Waals surface area contributed by atoms with Crippen LogP contribution in [0.3, 0.4) is 0 Å². The first-order valence-corrected chi connectivity index (χ1v) is 6.11. The highest BCUT2D eigenvalue weighted by Gasteiger charge is 2.05. The molecule has 0 fully saturated rings. The number of nitrogens with zero attached hydrogens (tertiary/aromatic N) is 1. The first-order valence-electron chi connectivity index (χ1n) is 6.11. The van der Waals surface area contributed by atoms with E-state index in [0.29, 0.717) is 0 Å². The molecule has 3 aromatic heterocycles.